The number of hydrogen-bond donors (Lipinski definition) is 1. The van der Waals surface area contributed by atoms with Crippen LogP contribution in [0.15, 0.2) is 28.7 Å². The minimum Gasteiger partial charge on any atom is -0.378 e. The lowest BCUT2D eigenvalue weighted by atomic mass is 10.4. The standard InChI is InChI=1S/C12H13ClN4O3S2/c13-10-1-2-11(21-10)22(18,19)16-9-7-14-12(15-8-9)17-3-5-20-6-4-17/h1-2,7-8,16H,3-6H2. The minimum absolute atomic E-state index is 0.148. The van der Waals surface area contributed by atoms with Gasteiger partial charge in [0, 0.05) is 13.1 Å². The molecule has 2 aromatic rings. The molecule has 0 aromatic carbocycles. The summed E-state index contributed by atoms with van der Waals surface area (Å²) in [7, 11) is -3.66. The third-order valence-electron chi connectivity index (χ3n) is 3.00. The van der Waals surface area contributed by atoms with E-state index in [9.17, 15) is 8.42 Å². The molecule has 3 rings (SSSR count). The predicted molar refractivity (Wildman–Crippen MR) is 85.2 cm³/mol. The number of hydrogen-bond acceptors (Lipinski definition) is 7. The van der Waals surface area contributed by atoms with Gasteiger partial charge in [0.2, 0.25) is 5.95 Å². The zero-order valence-corrected chi connectivity index (χ0v) is 13.8. The Kier molecular flexibility index (Phi) is 4.48. The van der Waals surface area contributed by atoms with E-state index in [2.05, 4.69) is 14.7 Å². The maximum absolute atomic E-state index is 12.2. The normalized spacial score (nSPS) is 15.8. The van der Waals surface area contributed by atoms with Gasteiger partial charge in [-0.25, -0.2) is 18.4 Å². The van der Waals surface area contributed by atoms with E-state index in [1.807, 2.05) is 4.90 Å². The summed E-state index contributed by atoms with van der Waals surface area (Å²) in [6, 6.07) is 3.00. The van der Waals surface area contributed by atoms with Crippen LogP contribution in [0.4, 0.5) is 11.6 Å². The lowest BCUT2D eigenvalue weighted by molar-refractivity contribution is 0.122. The van der Waals surface area contributed by atoms with Gasteiger partial charge in [-0.15, -0.1) is 11.3 Å². The Hall–Kier alpha value is -1.42. The summed E-state index contributed by atoms with van der Waals surface area (Å²) in [6.45, 7) is 2.71. The number of ether oxygens (including phenoxy) is 1. The van der Waals surface area contributed by atoms with Gasteiger partial charge in [0.25, 0.3) is 10.0 Å². The van der Waals surface area contributed by atoms with Crippen molar-refractivity contribution in [3.05, 3.63) is 28.9 Å². The third-order valence-corrected chi connectivity index (χ3v) is 6.10. The van der Waals surface area contributed by atoms with Crippen LogP contribution in [0.3, 0.4) is 0 Å². The molecule has 0 saturated carbocycles. The summed E-state index contributed by atoms with van der Waals surface area (Å²) in [5.74, 6) is 0.561. The molecule has 0 aliphatic carbocycles. The quantitative estimate of drug-likeness (QED) is 0.895. The Morgan fingerprint density at radius 2 is 1.91 bits per heavy atom. The number of rotatable bonds is 4. The molecule has 1 aliphatic heterocycles. The van der Waals surface area contributed by atoms with Crippen LogP contribution >= 0.6 is 22.9 Å². The van der Waals surface area contributed by atoms with E-state index >= 15 is 0 Å². The molecule has 0 unspecified atom stereocenters. The molecule has 0 amide bonds. The molecule has 1 aliphatic rings. The molecule has 118 valence electrons. The zero-order valence-electron chi connectivity index (χ0n) is 11.4. The van der Waals surface area contributed by atoms with Gasteiger partial charge >= 0.3 is 0 Å². The summed E-state index contributed by atoms with van der Waals surface area (Å²) in [4.78, 5) is 10.4. The number of anilines is 2. The molecule has 10 heteroatoms. The fourth-order valence-electron chi connectivity index (χ4n) is 1.95. The summed E-state index contributed by atoms with van der Waals surface area (Å²) in [5, 5.41) is 0. The molecule has 1 N–H and O–H groups in total. The third kappa shape index (κ3) is 3.49. The second-order valence-electron chi connectivity index (χ2n) is 4.54. The maximum atomic E-state index is 12.2. The molecule has 7 nitrogen and oxygen atoms in total. The molecule has 0 radical (unpaired) electrons. The largest absolute Gasteiger partial charge is 0.378 e. The van der Waals surface area contributed by atoms with Crippen LogP contribution in [-0.4, -0.2) is 44.7 Å². The first-order chi connectivity index (χ1) is 10.5. The molecule has 0 bridgehead atoms. The van der Waals surface area contributed by atoms with E-state index in [1.54, 1.807) is 6.07 Å². The Labute approximate surface area is 137 Å². The van der Waals surface area contributed by atoms with Gasteiger partial charge in [-0.3, -0.25) is 4.72 Å². The number of sulfonamides is 1. The summed E-state index contributed by atoms with van der Waals surface area (Å²) in [5.41, 5.74) is 0.307. The molecule has 0 spiro atoms. The summed E-state index contributed by atoms with van der Waals surface area (Å²) in [6.07, 6.45) is 2.90. The molecular weight excluding hydrogens is 348 g/mol. The first kappa shape index (κ1) is 15.5. The molecule has 2 aromatic heterocycles. The second kappa shape index (κ2) is 6.37. The zero-order chi connectivity index (χ0) is 15.6. The van der Waals surface area contributed by atoms with E-state index in [0.29, 0.717) is 29.2 Å². The van der Waals surface area contributed by atoms with Crippen LogP contribution in [0.5, 0.6) is 0 Å². The van der Waals surface area contributed by atoms with Crippen molar-refractivity contribution < 1.29 is 13.2 Å². The molecule has 1 saturated heterocycles. The first-order valence-electron chi connectivity index (χ1n) is 6.47. The van der Waals surface area contributed by atoms with E-state index in [-0.39, 0.29) is 4.21 Å². The van der Waals surface area contributed by atoms with E-state index < -0.39 is 10.0 Å². The molecule has 22 heavy (non-hydrogen) atoms. The van der Waals surface area contributed by atoms with Crippen LogP contribution in [0, 0.1) is 0 Å². The van der Waals surface area contributed by atoms with Crippen molar-refractivity contribution in [3.63, 3.8) is 0 Å². The summed E-state index contributed by atoms with van der Waals surface area (Å²) >= 11 is 6.75. The highest BCUT2D eigenvalue weighted by Crippen LogP contribution is 2.27. The smallest absolute Gasteiger partial charge is 0.271 e. The van der Waals surface area contributed by atoms with E-state index in [1.165, 1.54) is 18.5 Å². The lowest BCUT2D eigenvalue weighted by Crippen LogP contribution is -2.37. The Bertz CT molecular complexity index is 742. The highest BCUT2D eigenvalue weighted by Gasteiger charge is 2.18. The van der Waals surface area contributed by atoms with Gasteiger partial charge in [-0.1, -0.05) is 11.6 Å². The number of nitrogens with zero attached hydrogens (tertiary/aromatic N) is 3. The molecule has 3 heterocycles. The molecule has 1 fully saturated rings. The predicted octanol–water partition coefficient (Wildman–Crippen LogP) is 1.83. The Balaban J connectivity index is 1.73. The van der Waals surface area contributed by atoms with E-state index in [4.69, 9.17) is 16.3 Å². The van der Waals surface area contributed by atoms with Crippen molar-refractivity contribution in [3.8, 4) is 0 Å². The van der Waals surface area contributed by atoms with Crippen molar-refractivity contribution in [2.24, 2.45) is 0 Å². The van der Waals surface area contributed by atoms with E-state index in [0.717, 1.165) is 24.4 Å². The number of halogens is 1. The highest BCUT2D eigenvalue weighted by molar-refractivity contribution is 7.94. The van der Waals surface area contributed by atoms with Crippen molar-refractivity contribution in [1.82, 2.24) is 9.97 Å². The molecular formula is C12H13ClN4O3S2. The van der Waals surface area contributed by atoms with Crippen LogP contribution in [0.2, 0.25) is 4.34 Å². The topological polar surface area (TPSA) is 84.4 Å². The highest BCUT2D eigenvalue weighted by atomic mass is 35.5. The SMILES string of the molecule is O=S(=O)(Nc1cnc(N2CCOCC2)nc1)c1ccc(Cl)s1. The van der Waals surface area contributed by atoms with Gasteiger partial charge < -0.3 is 9.64 Å². The van der Waals surface area contributed by atoms with Crippen molar-refractivity contribution in [2.45, 2.75) is 4.21 Å². The van der Waals surface area contributed by atoms with Crippen molar-refractivity contribution >= 4 is 44.6 Å². The van der Waals surface area contributed by atoms with Crippen molar-refractivity contribution in [1.29, 1.82) is 0 Å². The Morgan fingerprint density at radius 1 is 1.23 bits per heavy atom. The first-order valence-corrected chi connectivity index (χ1v) is 9.15. The Morgan fingerprint density at radius 3 is 2.50 bits per heavy atom. The molecule has 0 atom stereocenters. The van der Waals surface area contributed by atoms with Crippen molar-refractivity contribution in [2.75, 3.05) is 35.9 Å². The minimum atomic E-state index is -3.66. The van der Waals surface area contributed by atoms with Crippen LogP contribution in [-0.2, 0) is 14.8 Å². The van der Waals surface area contributed by atoms with Gasteiger partial charge in [-0.05, 0) is 12.1 Å². The number of morpholine rings is 1. The maximum Gasteiger partial charge on any atom is 0.271 e. The fraction of sp³-hybridized carbons (Fsp3) is 0.333. The van der Waals surface area contributed by atoms with Gasteiger partial charge in [0.05, 0.1) is 35.6 Å². The van der Waals surface area contributed by atoms with Gasteiger partial charge in [0.15, 0.2) is 0 Å². The lowest BCUT2D eigenvalue weighted by Gasteiger charge is -2.26. The van der Waals surface area contributed by atoms with Gasteiger partial charge in [0.1, 0.15) is 4.21 Å². The number of aromatic nitrogens is 2. The number of thiophene rings is 1. The number of nitrogens with one attached hydrogen (secondary N) is 1. The monoisotopic (exact) mass is 360 g/mol. The average Bonchev–Trinajstić information content (AvgIpc) is 2.96. The van der Waals surface area contributed by atoms with Crippen LogP contribution in [0.1, 0.15) is 0 Å². The fourth-order valence-corrected chi connectivity index (χ4v) is 4.46. The average molecular weight is 361 g/mol. The second-order valence-corrected chi connectivity index (χ2v) is 8.16. The van der Waals surface area contributed by atoms with Crippen LogP contribution < -0.4 is 9.62 Å². The van der Waals surface area contributed by atoms with Crippen LogP contribution in [0.25, 0.3) is 0 Å². The summed E-state index contributed by atoms with van der Waals surface area (Å²) < 4.78 is 32.6. The van der Waals surface area contributed by atoms with Gasteiger partial charge in [-0.2, -0.15) is 0 Å².